The first-order valence-electron chi connectivity index (χ1n) is 7.88. The second-order valence-corrected chi connectivity index (χ2v) is 7.46. The Labute approximate surface area is 145 Å². The van der Waals surface area contributed by atoms with Crippen molar-refractivity contribution < 1.29 is 17.5 Å². The number of nitrogens with one attached hydrogen (secondary N) is 1. The number of hydrogen-bond donors (Lipinski definition) is 1. The van der Waals surface area contributed by atoms with Gasteiger partial charge in [-0.15, -0.1) is 0 Å². The summed E-state index contributed by atoms with van der Waals surface area (Å²) in [6.07, 6.45) is 1.61. The summed E-state index contributed by atoms with van der Waals surface area (Å²) in [5.41, 5.74) is 1.10. The van der Waals surface area contributed by atoms with Gasteiger partial charge in [0.25, 0.3) is 0 Å². The van der Waals surface area contributed by atoms with Crippen LogP contribution in [0.4, 0.5) is 10.3 Å². The number of halogens is 1. The standard InChI is InChI=1S/C16H19FN4O3S/c17-14-3-1-13(2-4-14)12-25(22,23)19-11-15-5-6-18-16(20-15)21-7-9-24-10-8-21/h1-6,19H,7-12H2. The minimum atomic E-state index is -3.55. The van der Waals surface area contributed by atoms with Crippen molar-refractivity contribution in [3.63, 3.8) is 0 Å². The molecule has 0 saturated carbocycles. The molecule has 7 nitrogen and oxygen atoms in total. The minimum Gasteiger partial charge on any atom is -0.378 e. The Kier molecular flexibility index (Phi) is 5.57. The lowest BCUT2D eigenvalue weighted by Crippen LogP contribution is -2.37. The zero-order chi connectivity index (χ0) is 17.7. The second-order valence-electron chi connectivity index (χ2n) is 5.65. The highest BCUT2D eigenvalue weighted by Crippen LogP contribution is 2.11. The Morgan fingerprint density at radius 1 is 1.16 bits per heavy atom. The van der Waals surface area contributed by atoms with Crippen LogP contribution < -0.4 is 9.62 Å². The molecule has 0 aliphatic carbocycles. The maximum atomic E-state index is 12.9. The fourth-order valence-electron chi connectivity index (χ4n) is 2.43. The molecule has 3 rings (SSSR count). The van der Waals surface area contributed by atoms with E-state index in [1.54, 1.807) is 12.3 Å². The summed E-state index contributed by atoms with van der Waals surface area (Å²) in [5, 5.41) is 0. The van der Waals surface area contributed by atoms with Gasteiger partial charge >= 0.3 is 0 Å². The number of aromatic nitrogens is 2. The largest absolute Gasteiger partial charge is 0.378 e. The quantitative estimate of drug-likeness (QED) is 0.823. The predicted molar refractivity (Wildman–Crippen MR) is 90.9 cm³/mol. The van der Waals surface area contributed by atoms with E-state index < -0.39 is 15.8 Å². The van der Waals surface area contributed by atoms with Crippen LogP contribution in [0.1, 0.15) is 11.3 Å². The van der Waals surface area contributed by atoms with Gasteiger partial charge in [0.1, 0.15) is 5.82 Å². The third-order valence-corrected chi connectivity index (χ3v) is 5.04. The third-order valence-electron chi connectivity index (χ3n) is 3.74. The van der Waals surface area contributed by atoms with Crippen LogP contribution in [0.15, 0.2) is 36.5 Å². The lowest BCUT2D eigenvalue weighted by atomic mass is 10.2. The first kappa shape index (κ1) is 17.7. The van der Waals surface area contributed by atoms with Gasteiger partial charge in [-0.25, -0.2) is 27.5 Å². The van der Waals surface area contributed by atoms with E-state index in [9.17, 15) is 12.8 Å². The van der Waals surface area contributed by atoms with Gasteiger partial charge < -0.3 is 9.64 Å². The number of ether oxygens (including phenoxy) is 1. The monoisotopic (exact) mass is 366 g/mol. The first-order valence-corrected chi connectivity index (χ1v) is 9.53. The van der Waals surface area contributed by atoms with E-state index in [1.807, 2.05) is 4.90 Å². The number of nitrogens with zero attached hydrogens (tertiary/aromatic N) is 3. The highest BCUT2D eigenvalue weighted by Gasteiger charge is 2.15. The number of anilines is 1. The maximum Gasteiger partial charge on any atom is 0.225 e. The highest BCUT2D eigenvalue weighted by atomic mass is 32.2. The summed E-state index contributed by atoms with van der Waals surface area (Å²) >= 11 is 0. The number of sulfonamides is 1. The molecule has 2 heterocycles. The van der Waals surface area contributed by atoms with Crippen LogP contribution in [-0.4, -0.2) is 44.7 Å². The first-order chi connectivity index (χ1) is 12.0. The van der Waals surface area contributed by atoms with Crippen molar-refractivity contribution in [3.8, 4) is 0 Å². The van der Waals surface area contributed by atoms with Gasteiger partial charge in [-0.05, 0) is 23.8 Å². The third kappa shape index (κ3) is 5.18. The molecule has 1 N–H and O–H groups in total. The molecule has 2 aromatic rings. The maximum absolute atomic E-state index is 12.9. The normalized spacial score (nSPS) is 15.3. The fraction of sp³-hybridized carbons (Fsp3) is 0.375. The van der Waals surface area contributed by atoms with E-state index in [0.29, 0.717) is 43.5 Å². The number of rotatable bonds is 6. The zero-order valence-corrected chi connectivity index (χ0v) is 14.4. The molecular formula is C16H19FN4O3S. The SMILES string of the molecule is O=S(=O)(Cc1ccc(F)cc1)NCc1ccnc(N2CCOCC2)n1. The van der Waals surface area contributed by atoms with Gasteiger partial charge in [-0.1, -0.05) is 12.1 Å². The lowest BCUT2D eigenvalue weighted by Gasteiger charge is -2.26. The molecule has 0 unspecified atom stereocenters. The van der Waals surface area contributed by atoms with Crippen LogP contribution in [-0.2, 0) is 27.1 Å². The van der Waals surface area contributed by atoms with E-state index >= 15 is 0 Å². The van der Waals surface area contributed by atoms with Crippen molar-refractivity contribution in [1.29, 1.82) is 0 Å². The van der Waals surface area contributed by atoms with Gasteiger partial charge in [0.2, 0.25) is 16.0 Å². The van der Waals surface area contributed by atoms with Crippen LogP contribution in [0.3, 0.4) is 0 Å². The van der Waals surface area contributed by atoms with Crippen LogP contribution >= 0.6 is 0 Å². The van der Waals surface area contributed by atoms with E-state index in [4.69, 9.17) is 4.74 Å². The Balaban J connectivity index is 1.61. The Morgan fingerprint density at radius 3 is 2.60 bits per heavy atom. The van der Waals surface area contributed by atoms with Crippen molar-refractivity contribution in [3.05, 3.63) is 53.6 Å². The van der Waals surface area contributed by atoms with E-state index in [1.165, 1.54) is 24.3 Å². The summed E-state index contributed by atoms with van der Waals surface area (Å²) in [4.78, 5) is 10.6. The lowest BCUT2D eigenvalue weighted by molar-refractivity contribution is 0.122. The van der Waals surface area contributed by atoms with Crippen LogP contribution in [0.5, 0.6) is 0 Å². The number of morpholine rings is 1. The molecule has 1 fully saturated rings. The van der Waals surface area contributed by atoms with Crippen LogP contribution in [0.25, 0.3) is 0 Å². The molecule has 0 atom stereocenters. The number of benzene rings is 1. The smallest absolute Gasteiger partial charge is 0.225 e. The molecule has 0 amide bonds. The van der Waals surface area contributed by atoms with E-state index in [2.05, 4.69) is 14.7 Å². The molecule has 1 aromatic heterocycles. The highest BCUT2D eigenvalue weighted by molar-refractivity contribution is 7.88. The molecule has 1 aromatic carbocycles. The van der Waals surface area contributed by atoms with Crippen molar-refractivity contribution >= 4 is 16.0 Å². The van der Waals surface area contributed by atoms with E-state index in [-0.39, 0.29) is 12.3 Å². The molecule has 1 aliphatic rings. The summed E-state index contributed by atoms with van der Waals surface area (Å²) in [5.74, 6) is -0.0430. The van der Waals surface area contributed by atoms with Crippen molar-refractivity contribution in [1.82, 2.24) is 14.7 Å². The average Bonchev–Trinajstić information content (AvgIpc) is 2.63. The van der Waals surface area contributed by atoms with Gasteiger partial charge in [-0.3, -0.25) is 0 Å². The van der Waals surface area contributed by atoms with Crippen LogP contribution in [0, 0.1) is 5.82 Å². The van der Waals surface area contributed by atoms with Gasteiger partial charge in [0.05, 0.1) is 31.2 Å². The second kappa shape index (κ2) is 7.85. The van der Waals surface area contributed by atoms with Crippen LogP contribution in [0.2, 0.25) is 0 Å². The van der Waals surface area contributed by atoms with Crippen molar-refractivity contribution in [2.24, 2.45) is 0 Å². The number of hydrogen-bond acceptors (Lipinski definition) is 6. The predicted octanol–water partition coefficient (Wildman–Crippen LogP) is 1.07. The van der Waals surface area contributed by atoms with Gasteiger partial charge in [0.15, 0.2) is 0 Å². The Morgan fingerprint density at radius 2 is 1.88 bits per heavy atom. The molecule has 1 saturated heterocycles. The molecule has 9 heteroatoms. The Bertz CT molecular complexity index is 808. The summed E-state index contributed by atoms with van der Waals surface area (Å²) < 4.78 is 45.0. The van der Waals surface area contributed by atoms with Crippen molar-refractivity contribution in [2.45, 2.75) is 12.3 Å². The molecule has 0 bridgehead atoms. The molecule has 25 heavy (non-hydrogen) atoms. The Hall–Kier alpha value is -2.10. The topological polar surface area (TPSA) is 84.4 Å². The van der Waals surface area contributed by atoms with Gasteiger partial charge in [-0.2, -0.15) is 0 Å². The summed E-state index contributed by atoms with van der Waals surface area (Å²) in [6.45, 7) is 2.73. The molecule has 1 aliphatic heterocycles. The molecular weight excluding hydrogens is 347 g/mol. The average molecular weight is 366 g/mol. The summed E-state index contributed by atoms with van der Waals surface area (Å²) in [7, 11) is -3.55. The molecule has 0 radical (unpaired) electrons. The zero-order valence-electron chi connectivity index (χ0n) is 13.6. The van der Waals surface area contributed by atoms with E-state index in [0.717, 1.165) is 0 Å². The fourth-order valence-corrected chi connectivity index (χ4v) is 3.53. The van der Waals surface area contributed by atoms with Crippen molar-refractivity contribution in [2.75, 3.05) is 31.2 Å². The molecule has 0 spiro atoms. The molecule has 134 valence electrons. The minimum absolute atomic E-state index is 0.0728. The van der Waals surface area contributed by atoms with Gasteiger partial charge in [0, 0.05) is 19.3 Å². The summed E-state index contributed by atoms with van der Waals surface area (Å²) in [6, 6.07) is 7.06.